The Kier molecular flexibility index (Phi) is 5.36. The number of nitrogens with two attached hydrogens (primary N) is 1. The monoisotopic (exact) mass is 263 g/mol. The van der Waals surface area contributed by atoms with Gasteiger partial charge in [-0.15, -0.1) is 0 Å². The third kappa shape index (κ3) is 4.91. The summed E-state index contributed by atoms with van der Waals surface area (Å²) in [6.45, 7) is 7.88. The highest BCUT2D eigenvalue weighted by molar-refractivity contribution is 5.85. The lowest BCUT2D eigenvalue weighted by molar-refractivity contribution is 0.272. The Hall–Kier alpha value is -1.55. The first kappa shape index (κ1) is 15.5. The van der Waals surface area contributed by atoms with Gasteiger partial charge in [0, 0.05) is 12.0 Å². The minimum absolute atomic E-state index is 0.281. The molecule has 3 N–H and O–H groups in total. The van der Waals surface area contributed by atoms with Gasteiger partial charge in [0.1, 0.15) is 5.84 Å². The van der Waals surface area contributed by atoms with Gasteiger partial charge in [0.25, 0.3) is 0 Å². The molecule has 0 bridgehead atoms. The molecule has 4 nitrogen and oxygen atoms in total. The summed E-state index contributed by atoms with van der Waals surface area (Å²) in [5.41, 5.74) is 7.98. The molecule has 19 heavy (non-hydrogen) atoms. The first-order valence-corrected chi connectivity index (χ1v) is 6.57. The first-order chi connectivity index (χ1) is 8.85. The lowest BCUT2D eigenvalue weighted by Gasteiger charge is -2.26. The molecule has 0 aromatic heterocycles. The highest BCUT2D eigenvalue weighted by Crippen LogP contribution is 2.21. The number of amidine groups is 1. The number of hydrogen-bond acceptors (Lipinski definition) is 3. The van der Waals surface area contributed by atoms with Crippen LogP contribution in [0.5, 0.6) is 0 Å². The van der Waals surface area contributed by atoms with Crippen LogP contribution in [-0.4, -0.2) is 29.5 Å². The fraction of sp³-hybridized carbons (Fsp3) is 0.533. The quantitative estimate of drug-likeness (QED) is 0.359. The molecule has 1 aromatic carbocycles. The third-order valence-corrected chi connectivity index (χ3v) is 3.49. The van der Waals surface area contributed by atoms with E-state index in [1.54, 1.807) is 0 Å². The Morgan fingerprint density at radius 2 is 1.89 bits per heavy atom. The number of benzene rings is 1. The summed E-state index contributed by atoms with van der Waals surface area (Å²) < 4.78 is 0. The molecular formula is C15H25N3O. The molecule has 106 valence electrons. The molecule has 0 fully saturated rings. The first-order valence-electron chi connectivity index (χ1n) is 6.57. The van der Waals surface area contributed by atoms with Crippen LogP contribution in [0, 0.1) is 12.3 Å². The molecule has 0 atom stereocenters. The van der Waals surface area contributed by atoms with E-state index in [0.717, 1.165) is 19.5 Å². The van der Waals surface area contributed by atoms with Crippen molar-refractivity contribution in [3.05, 3.63) is 35.4 Å². The van der Waals surface area contributed by atoms with Gasteiger partial charge < -0.3 is 15.8 Å². The second kappa shape index (κ2) is 6.57. The molecule has 0 saturated carbocycles. The zero-order chi connectivity index (χ0) is 14.5. The Labute approximate surface area is 115 Å². The summed E-state index contributed by atoms with van der Waals surface area (Å²) in [4.78, 5) is 2.25. The number of oxime groups is 1. The molecule has 0 radical (unpaired) electrons. The van der Waals surface area contributed by atoms with Crippen molar-refractivity contribution in [3.63, 3.8) is 0 Å². The van der Waals surface area contributed by atoms with E-state index in [-0.39, 0.29) is 11.3 Å². The maximum atomic E-state index is 8.75. The molecule has 1 aromatic rings. The third-order valence-electron chi connectivity index (χ3n) is 3.49. The molecule has 0 aliphatic rings. The summed E-state index contributed by atoms with van der Waals surface area (Å²) in [6.07, 6.45) is 0.852. The molecule has 4 heteroatoms. The van der Waals surface area contributed by atoms with Gasteiger partial charge in [0.05, 0.1) is 0 Å². The molecule has 0 spiro atoms. The van der Waals surface area contributed by atoms with Crippen LogP contribution >= 0.6 is 0 Å². The summed E-state index contributed by atoms with van der Waals surface area (Å²) in [5.74, 6) is 0.288. The zero-order valence-corrected chi connectivity index (χ0v) is 12.3. The van der Waals surface area contributed by atoms with Crippen LogP contribution in [-0.2, 0) is 6.54 Å². The Morgan fingerprint density at radius 3 is 2.42 bits per heavy atom. The second-order valence-electron chi connectivity index (χ2n) is 5.84. The van der Waals surface area contributed by atoms with Crippen LogP contribution in [0.15, 0.2) is 29.4 Å². The van der Waals surface area contributed by atoms with Crippen LogP contribution < -0.4 is 5.73 Å². The van der Waals surface area contributed by atoms with Crippen molar-refractivity contribution in [2.24, 2.45) is 16.3 Å². The zero-order valence-electron chi connectivity index (χ0n) is 12.3. The van der Waals surface area contributed by atoms with Crippen molar-refractivity contribution in [2.75, 3.05) is 13.6 Å². The van der Waals surface area contributed by atoms with Gasteiger partial charge in [-0.3, -0.25) is 0 Å². The summed E-state index contributed by atoms with van der Waals surface area (Å²) >= 11 is 0. The lowest BCUT2D eigenvalue weighted by atomic mass is 9.88. The van der Waals surface area contributed by atoms with E-state index >= 15 is 0 Å². The van der Waals surface area contributed by atoms with Crippen molar-refractivity contribution in [2.45, 2.75) is 33.7 Å². The van der Waals surface area contributed by atoms with Crippen LogP contribution in [0.25, 0.3) is 0 Å². The topological polar surface area (TPSA) is 61.8 Å². The van der Waals surface area contributed by atoms with Crippen LogP contribution in [0.4, 0.5) is 0 Å². The van der Waals surface area contributed by atoms with E-state index in [2.05, 4.69) is 48.3 Å². The summed E-state index contributed by atoms with van der Waals surface area (Å²) in [6, 6.07) is 8.56. The SMILES string of the molecule is Cc1ccc(CN(C)CCC(C)(C)C(N)=NO)cc1. The number of hydrogen-bond donors (Lipinski definition) is 2. The van der Waals surface area contributed by atoms with E-state index in [0.29, 0.717) is 0 Å². The van der Waals surface area contributed by atoms with Crippen LogP contribution in [0.2, 0.25) is 0 Å². The molecule has 0 amide bonds. The molecule has 0 aliphatic heterocycles. The molecule has 0 saturated heterocycles. The molecule has 0 aliphatic carbocycles. The smallest absolute Gasteiger partial charge is 0.144 e. The lowest BCUT2D eigenvalue weighted by Crippen LogP contribution is -2.35. The average Bonchev–Trinajstić information content (AvgIpc) is 2.38. The maximum Gasteiger partial charge on any atom is 0.144 e. The Morgan fingerprint density at radius 1 is 1.32 bits per heavy atom. The van der Waals surface area contributed by atoms with Crippen molar-refractivity contribution in [1.82, 2.24) is 4.90 Å². The fourth-order valence-corrected chi connectivity index (χ4v) is 1.82. The Bertz CT molecular complexity index is 424. The van der Waals surface area contributed by atoms with Crippen molar-refractivity contribution in [1.29, 1.82) is 0 Å². The molecule has 0 unspecified atom stereocenters. The van der Waals surface area contributed by atoms with Gasteiger partial charge in [-0.05, 0) is 32.5 Å². The normalized spacial score (nSPS) is 13.0. The maximum absolute atomic E-state index is 8.75. The predicted octanol–water partition coefficient (Wildman–Crippen LogP) is 2.59. The average molecular weight is 263 g/mol. The fourth-order valence-electron chi connectivity index (χ4n) is 1.82. The van der Waals surface area contributed by atoms with E-state index in [1.165, 1.54) is 11.1 Å². The summed E-state index contributed by atoms with van der Waals surface area (Å²) in [5, 5.41) is 11.9. The van der Waals surface area contributed by atoms with Crippen LogP contribution in [0.1, 0.15) is 31.4 Å². The Balaban J connectivity index is 2.48. The van der Waals surface area contributed by atoms with Crippen molar-refractivity contribution >= 4 is 5.84 Å². The molecular weight excluding hydrogens is 238 g/mol. The van der Waals surface area contributed by atoms with Gasteiger partial charge in [-0.1, -0.05) is 48.8 Å². The second-order valence-corrected chi connectivity index (χ2v) is 5.84. The highest BCUT2D eigenvalue weighted by atomic mass is 16.4. The minimum Gasteiger partial charge on any atom is -0.409 e. The number of nitrogens with zero attached hydrogens (tertiary/aromatic N) is 2. The van der Waals surface area contributed by atoms with Crippen molar-refractivity contribution in [3.8, 4) is 0 Å². The standard InChI is InChI=1S/C15H25N3O/c1-12-5-7-13(8-6-12)11-18(4)10-9-15(2,3)14(16)17-19/h5-8,19H,9-11H2,1-4H3,(H2,16,17). The molecule has 0 heterocycles. The largest absolute Gasteiger partial charge is 0.409 e. The van der Waals surface area contributed by atoms with Gasteiger partial charge >= 0.3 is 0 Å². The van der Waals surface area contributed by atoms with E-state index in [4.69, 9.17) is 10.9 Å². The van der Waals surface area contributed by atoms with E-state index < -0.39 is 0 Å². The van der Waals surface area contributed by atoms with Gasteiger partial charge in [0.2, 0.25) is 0 Å². The number of aryl methyl sites for hydroxylation is 1. The van der Waals surface area contributed by atoms with E-state index in [9.17, 15) is 0 Å². The highest BCUT2D eigenvalue weighted by Gasteiger charge is 2.23. The number of rotatable bonds is 6. The predicted molar refractivity (Wildman–Crippen MR) is 79.3 cm³/mol. The van der Waals surface area contributed by atoms with E-state index in [1.807, 2.05) is 13.8 Å². The van der Waals surface area contributed by atoms with Crippen molar-refractivity contribution < 1.29 is 5.21 Å². The van der Waals surface area contributed by atoms with Gasteiger partial charge in [-0.2, -0.15) is 0 Å². The van der Waals surface area contributed by atoms with Gasteiger partial charge in [0.15, 0.2) is 0 Å². The molecule has 1 rings (SSSR count). The minimum atomic E-state index is -0.281. The van der Waals surface area contributed by atoms with Crippen LogP contribution in [0.3, 0.4) is 0 Å². The van der Waals surface area contributed by atoms with Gasteiger partial charge in [-0.25, -0.2) is 0 Å². The summed E-state index contributed by atoms with van der Waals surface area (Å²) in [7, 11) is 2.09.